The van der Waals surface area contributed by atoms with Gasteiger partial charge in [0.25, 0.3) is 5.91 Å². The van der Waals surface area contributed by atoms with E-state index in [1.807, 2.05) is 0 Å². The molecule has 5 nitrogen and oxygen atoms in total. The van der Waals surface area contributed by atoms with Crippen molar-refractivity contribution in [1.29, 1.82) is 0 Å². The van der Waals surface area contributed by atoms with Crippen molar-refractivity contribution in [3.63, 3.8) is 0 Å². The van der Waals surface area contributed by atoms with Gasteiger partial charge in [0, 0.05) is 11.6 Å². The number of carbonyl (C=O) groups is 2. The van der Waals surface area contributed by atoms with E-state index in [1.54, 1.807) is 13.8 Å². The molecule has 1 amide bonds. The number of nitrogens with one attached hydrogen (secondary N) is 1. The molecule has 1 N–H and O–H groups in total. The largest absolute Gasteiger partial charge is 0.449 e. The summed E-state index contributed by atoms with van der Waals surface area (Å²) in [7, 11) is 0. The first-order valence-corrected chi connectivity index (χ1v) is 7.86. The van der Waals surface area contributed by atoms with Crippen LogP contribution < -0.4 is 5.32 Å². The van der Waals surface area contributed by atoms with Gasteiger partial charge in [0.05, 0.1) is 5.56 Å². The second kappa shape index (κ2) is 7.63. The first-order chi connectivity index (χ1) is 12.1. The quantitative estimate of drug-likeness (QED) is 0.808. The zero-order chi connectivity index (χ0) is 19.5. The van der Waals surface area contributed by atoms with Crippen LogP contribution in [0.25, 0.3) is 11.3 Å². The zero-order valence-electron chi connectivity index (χ0n) is 14.4. The van der Waals surface area contributed by atoms with Gasteiger partial charge in [-0.15, -0.1) is 0 Å². The fourth-order valence-electron chi connectivity index (χ4n) is 2.13. The predicted octanol–water partition coefficient (Wildman–Crippen LogP) is 4.04. The lowest BCUT2D eigenvalue weighted by Crippen LogP contribution is -2.39. The third-order valence-electron chi connectivity index (χ3n) is 3.37. The highest BCUT2D eigenvalue weighted by atomic mass is 19.4. The Bertz CT molecular complexity index is 796. The van der Waals surface area contributed by atoms with E-state index in [9.17, 15) is 22.8 Å². The Morgan fingerprint density at radius 2 is 1.81 bits per heavy atom. The fraction of sp³-hybridized carbons (Fsp3) is 0.333. The number of carbonyl (C=O) groups excluding carboxylic acids is 2. The number of alkyl halides is 3. The maximum Gasteiger partial charge on any atom is 0.416 e. The fourth-order valence-corrected chi connectivity index (χ4v) is 2.13. The molecule has 26 heavy (non-hydrogen) atoms. The van der Waals surface area contributed by atoms with Gasteiger partial charge >= 0.3 is 12.1 Å². The molecule has 0 saturated carbocycles. The number of hydrogen-bond acceptors (Lipinski definition) is 4. The average Bonchev–Trinajstić information content (AvgIpc) is 3.03. The van der Waals surface area contributed by atoms with Crippen molar-refractivity contribution in [2.24, 2.45) is 0 Å². The molecule has 0 aliphatic rings. The number of benzene rings is 1. The Hall–Kier alpha value is -2.77. The van der Waals surface area contributed by atoms with Crippen LogP contribution in [0.15, 0.2) is 40.8 Å². The van der Waals surface area contributed by atoms with E-state index >= 15 is 0 Å². The van der Waals surface area contributed by atoms with Crippen LogP contribution in [0.3, 0.4) is 0 Å². The number of hydrogen-bond donors (Lipinski definition) is 1. The van der Waals surface area contributed by atoms with Crippen molar-refractivity contribution in [3.05, 3.63) is 47.7 Å². The van der Waals surface area contributed by atoms with Crippen LogP contribution in [0.4, 0.5) is 13.2 Å². The van der Waals surface area contributed by atoms with E-state index in [0.717, 1.165) is 12.1 Å². The molecular weight excluding hydrogens is 351 g/mol. The molecule has 0 saturated heterocycles. The molecule has 1 atom stereocenters. The summed E-state index contributed by atoms with van der Waals surface area (Å²) < 4.78 is 48.6. The van der Waals surface area contributed by atoms with Gasteiger partial charge < -0.3 is 14.5 Å². The second-order valence-electron chi connectivity index (χ2n) is 5.95. The van der Waals surface area contributed by atoms with E-state index in [4.69, 9.17) is 9.15 Å². The predicted molar refractivity (Wildman–Crippen MR) is 87.3 cm³/mol. The van der Waals surface area contributed by atoms with Crippen molar-refractivity contribution in [2.45, 2.75) is 39.1 Å². The normalized spacial score (nSPS) is 12.7. The molecule has 0 aliphatic carbocycles. The van der Waals surface area contributed by atoms with E-state index in [1.165, 1.54) is 31.2 Å². The van der Waals surface area contributed by atoms with Gasteiger partial charge in [-0.1, -0.05) is 12.1 Å². The molecule has 1 aromatic carbocycles. The Morgan fingerprint density at radius 1 is 1.12 bits per heavy atom. The van der Waals surface area contributed by atoms with Crippen LogP contribution >= 0.6 is 0 Å². The lowest BCUT2D eigenvalue weighted by molar-refractivity contribution is -0.137. The molecule has 140 valence electrons. The summed E-state index contributed by atoms with van der Waals surface area (Å²) >= 11 is 0. The van der Waals surface area contributed by atoms with Gasteiger partial charge in [-0.2, -0.15) is 13.2 Å². The van der Waals surface area contributed by atoms with Crippen molar-refractivity contribution < 1.29 is 31.9 Å². The molecule has 0 aliphatic heterocycles. The summed E-state index contributed by atoms with van der Waals surface area (Å²) in [4.78, 5) is 23.8. The van der Waals surface area contributed by atoms with E-state index in [-0.39, 0.29) is 23.1 Å². The molecule has 0 bridgehead atoms. The highest BCUT2D eigenvalue weighted by Crippen LogP contribution is 2.32. The number of esters is 1. The molecule has 1 aromatic heterocycles. The summed E-state index contributed by atoms with van der Waals surface area (Å²) in [5.41, 5.74) is -0.654. The van der Waals surface area contributed by atoms with Crippen LogP contribution in [0.1, 0.15) is 36.9 Å². The highest BCUT2D eigenvalue weighted by molar-refractivity contribution is 5.90. The monoisotopic (exact) mass is 369 g/mol. The average molecular weight is 369 g/mol. The zero-order valence-corrected chi connectivity index (χ0v) is 14.4. The van der Waals surface area contributed by atoms with Crippen LogP contribution in [0.2, 0.25) is 0 Å². The third kappa shape index (κ3) is 4.87. The van der Waals surface area contributed by atoms with E-state index in [2.05, 4.69) is 5.32 Å². The molecular formula is C18H18F3NO4. The Morgan fingerprint density at radius 3 is 2.42 bits per heavy atom. The van der Waals surface area contributed by atoms with Crippen LogP contribution in [0, 0.1) is 0 Å². The van der Waals surface area contributed by atoms with Crippen molar-refractivity contribution in [3.8, 4) is 11.3 Å². The molecule has 8 heteroatoms. The van der Waals surface area contributed by atoms with Crippen molar-refractivity contribution >= 4 is 11.9 Å². The Balaban J connectivity index is 2.12. The number of rotatable bonds is 5. The summed E-state index contributed by atoms with van der Waals surface area (Å²) in [6.07, 6.45) is -5.52. The highest BCUT2D eigenvalue weighted by Gasteiger charge is 2.30. The molecule has 2 rings (SSSR count). The molecule has 0 spiro atoms. The summed E-state index contributed by atoms with van der Waals surface area (Å²) in [5.74, 6) is -1.46. The number of amides is 1. The molecule has 2 aromatic rings. The van der Waals surface area contributed by atoms with E-state index < -0.39 is 29.7 Å². The van der Waals surface area contributed by atoms with E-state index in [0.29, 0.717) is 0 Å². The minimum absolute atomic E-state index is 0.0855. The summed E-state index contributed by atoms with van der Waals surface area (Å²) in [6, 6.07) is 7.08. The minimum atomic E-state index is -4.48. The lowest BCUT2D eigenvalue weighted by atomic mass is 10.1. The molecule has 1 heterocycles. The van der Waals surface area contributed by atoms with Crippen molar-refractivity contribution in [1.82, 2.24) is 5.32 Å². The lowest BCUT2D eigenvalue weighted by Gasteiger charge is -2.14. The Labute approximate surface area is 148 Å². The molecule has 0 fully saturated rings. The van der Waals surface area contributed by atoms with Crippen LogP contribution in [-0.2, 0) is 15.7 Å². The summed E-state index contributed by atoms with van der Waals surface area (Å²) in [6.45, 7) is 4.94. The third-order valence-corrected chi connectivity index (χ3v) is 3.37. The SMILES string of the molecule is CC(C)NC(=O)[C@H](C)OC(=O)c1ccc(-c2cccc(C(F)(F)F)c2)o1. The maximum absolute atomic E-state index is 12.8. The standard InChI is InChI=1S/C18H18F3NO4/c1-10(2)22-16(23)11(3)25-17(24)15-8-7-14(26-15)12-5-4-6-13(9-12)18(19,20)21/h4-11H,1-3H3,(H,22,23)/t11-/m0/s1. The van der Waals surface area contributed by atoms with Gasteiger partial charge in [0.2, 0.25) is 5.76 Å². The minimum Gasteiger partial charge on any atom is -0.449 e. The second-order valence-corrected chi connectivity index (χ2v) is 5.95. The molecule has 0 radical (unpaired) electrons. The first-order valence-electron chi connectivity index (χ1n) is 7.86. The topological polar surface area (TPSA) is 68.5 Å². The van der Waals surface area contributed by atoms with Gasteiger partial charge in [-0.25, -0.2) is 4.79 Å². The summed E-state index contributed by atoms with van der Waals surface area (Å²) in [5, 5.41) is 2.60. The molecule has 0 unspecified atom stereocenters. The Kier molecular flexibility index (Phi) is 5.74. The number of furan rings is 1. The first kappa shape index (κ1) is 19.6. The van der Waals surface area contributed by atoms with Crippen molar-refractivity contribution in [2.75, 3.05) is 0 Å². The van der Waals surface area contributed by atoms with Gasteiger partial charge in [0.15, 0.2) is 6.10 Å². The van der Waals surface area contributed by atoms with Gasteiger partial charge in [-0.05, 0) is 45.0 Å². The van der Waals surface area contributed by atoms with Gasteiger partial charge in [-0.3, -0.25) is 4.79 Å². The number of halogens is 3. The smallest absolute Gasteiger partial charge is 0.416 e. The van der Waals surface area contributed by atoms with Crippen LogP contribution in [-0.4, -0.2) is 24.0 Å². The number of ether oxygens (including phenoxy) is 1. The van der Waals surface area contributed by atoms with Gasteiger partial charge in [0.1, 0.15) is 5.76 Å². The maximum atomic E-state index is 12.8. The van der Waals surface area contributed by atoms with Crippen LogP contribution in [0.5, 0.6) is 0 Å².